The Bertz CT molecular complexity index is 406. The van der Waals surface area contributed by atoms with Crippen LogP contribution in [0.15, 0.2) is 12.1 Å². The maximum absolute atomic E-state index is 11.3. The van der Waals surface area contributed by atoms with E-state index in [0.29, 0.717) is 22.1 Å². The van der Waals surface area contributed by atoms with E-state index in [1.54, 1.807) is 19.1 Å². The minimum atomic E-state index is -0.524. The van der Waals surface area contributed by atoms with Gasteiger partial charge in [-0.15, -0.1) is 0 Å². The summed E-state index contributed by atoms with van der Waals surface area (Å²) in [6.07, 6.45) is -0.524. The van der Waals surface area contributed by atoms with Gasteiger partial charge in [-0.2, -0.15) is 0 Å². The number of nitrogens with two attached hydrogens (primary N) is 1. The molecule has 2 rings (SSSR count). The van der Waals surface area contributed by atoms with Gasteiger partial charge in [0, 0.05) is 5.69 Å². The average molecular weight is 213 g/mol. The smallest absolute Gasteiger partial charge is 0.265 e. The van der Waals surface area contributed by atoms with Gasteiger partial charge in [0.25, 0.3) is 5.91 Å². The van der Waals surface area contributed by atoms with E-state index >= 15 is 0 Å². The molecular formula is C9H9ClN2O2. The SMILES string of the molecule is CC1Oc2c(Cl)cc(N)cc2NC1=O. The Hall–Kier alpha value is -1.42. The van der Waals surface area contributed by atoms with E-state index in [2.05, 4.69) is 5.32 Å². The van der Waals surface area contributed by atoms with Gasteiger partial charge in [-0.25, -0.2) is 0 Å². The molecule has 3 N–H and O–H groups in total. The summed E-state index contributed by atoms with van der Waals surface area (Å²) in [4.78, 5) is 11.3. The molecule has 0 fully saturated rings. The van der Waals surface area contributed by atoms with Gasteiger partial charge in [0.1, 0.15) is 0 Å². The summed E-state index contributed by atoms with van der Waals surface area (Å²) >= 11 is 5.90. The number of benzene rings is 1. The lowest BCUT2D eigenvalue weighted by atomic mass is 10.2. The number of carbonyl (C=O) groups excluding carboxylic acids is 1. The summed E-state index contributed by atoms with van der Waals surface area (Å²) in [5.74, 6) is 0.284. The standard InChI is InChI=1S/C9H9ClN2O2/c1-4-9(13)12-7-3-5(11)2-6(10)8(7)14-4/h2-4H,11H2,1H3,(H,12,13). The van der Waals surface area contributed by atoms with Crippen LogP contribution in [-0.4, -0.2) is 12.0 Å². The first-order valence-corrected chi connectivity index (χ1v) is 4.52. The molecule has 1 aliphatic rings. The summed E-state index contributed by atoms with van der Waals surface area (Å²) in [5, 5.41) is 3.07. The molecule has 0 saturated carbocycles. The number of hydrogen-bond donors (Lipinski definition) is 2. The van der Waals surface area contributed by atoms with Crippen molar-refractivity contribution in [2.24, 2.45) is 0 Å². The molecule has 0 bridgehead atoms. The third-order valence-electron chi connectivity index (χ3n) is 1.99. The zero-order chi connectivity index (χ0) is 10.3. The number of nitrogen functional groups attached to an aromatic ring is 1. The van der Waals surface area contributed by atoms with Crippen molar-refractivity contribution >= 4 is 28.9 Å². The fourth-order valence-electron chi connectivity index (χ4n) is 1.29. The second-order valence-corrected chi connectivity index (χ2v) is 3.54. The third-order valence-corrected chi connectivity index (χ3v) is 2.27. The highest BCUT2D eigenvalue weighted by molar-refractivity contribution is 6.33. The van der Waals surface area contributed by atoms with Crippen molar-refractivity contribution in [3.8, 4) is 5.75 Å². The van der Waals surface area contributed by atoms with Crippen molar-refractivity contribution < 1.29 is 9.53 Å². The Morgan fingerprint density at radius 1 is 1.57 bits per heavy atom. The van der Waals surface area contributed by atoms with Gasteiger partial charge in [-0.1, -0.05) is 11.6 Å². The molecule has 1 heterocycles. The number of nitrogens with one attached hydrogen (secondary N) is 1. The Balaban J connectivity index is 2.51. The van der Waals surface area contributed by atoms with E-state index < -0.39 is 6.10 Å². The van der Waals surface area contributed by atoms with Crippen LogP contribution in [-0.2, 0) is 4.79 Å². The van der Waals surface area contributed by atoms with Crippen molar-refractivity contribution in [3.63, 3.8) is 0 Å². The molecule has 0 aromatic heterocycles. The molecule has 1 aromatic carbocycles. The van der Waals surface area contributed by atoms with Gasteiger partial charge in [0.15, 0.2) is 11.9 Å². The van der Waals surface area contributed by atoms with Crippen LogP contribution in [0.3, 0.4) is 0 Å². The Morgan fingerprint density at radius 3 is 3.00 bits per heavy atom. The highest BCUT2D eigenvalue weighted by Gasteiger charge is 2.25. The second-order valence-electron chi connectivity index (χ2n) is 3.13. The maximum atomic E-state index is 11.3. The minimum Gasteiger partial charge on any atom is -0.477 e. The number of amides is 1. The number of ether oxygens (including phenoxy) is 1. The quantitative estimate of drug-likeness (QED) is 0.643. The molecule has 1 amide bonds. The van der Waals surface area contributed by atoms with Crippen molar-refractivity contribution in [2.75, 3.05) is 11.1 Å². The van der Waals surface area contributed by atoms with Crippen LogP contribution in [0, 0.1) is 0 Å². The minimum absolute atomic E-state index is 0.195. The predicted octanol–water partition coefficient (Wildman–Crippen LogP) is 1.64. The first-order chi connectivity index (χ1) is 6.58. The molecule has 0 saturated heterocycles. The Labute approximate surface area is 86.0 Å². The molecule has 1 atom stereocenters. The fourth-order valence-corrected chi connectivity index (χ4v) is 1.56. The van der Waals surface area contributed by atoms with Gasteiger partial charge in [-0.05, 0) is 19.1 Å². The average Bonchev–Trinajstić information content (AvgIpc) is 2.08. The van der Waals surface area contributed by atoms with Gasteiger partial charge in [0.05, 0.1) is 10.7 Å². The lowest BCUT2D eigenvalue weighted by Crippen LogP contribution is -2.34. The van der Waals surface area contributed by atoms with E-state index in [4.69, 9.17) is 22.1 Å². The van der Waals surface area contributed by atoms with Gasteiger partial charge < -0.3 is 15.8 Å². The second kappa shape index (κ2) is 3.06. The summed E-state index contributed by atoms with van der Waals surface area (Å²) in [6.45, 7) is 1.66. The van der Waals surface area contributed by atoms with Crippen LogP contribution < -0.4 is 15.8 Å². The van der Waals surface area contributed by atoms with E-state index in [1.165, 1.54) is 0 Å². The first kappa shape index (κ1) is 9.15. The lowest BCUT2D eigenvalue weighted by Gasteiger charge is -2.24. The van der Waals surface area contributed by atoms with Crippen LogP contribution in [0.5, 0.6) is 5.75 Å². The summed E-state index contributed by atoms with van der Waals surface area (Å²) in [5.41, 5.74) is 6.59. The van der Waals surface area contributed by atoms with Gasteiger partial charge >= 0.3 is 0 Å². The number of hydrogen-bond acceptors (Lipinski definition) is 3. The molecule has 1 aliphatic heterocycles. The maximum Gasteiger partial charge on any atom is 0.265 e. The molecule has 0 radical (unpaired) electrons. The number of carbonyl (C=O) groups is 1. The Morgan fingerprint density at radius 2 is 2.29 bits per heavy atom. The molecule has 5 heteroatoms. The molecule has 0 aliphatic carbocycles. The van der Waals surface area contributed by atoms with Gasteiger partial charge in [-0.3, -0.25) is 4.79 Å². The number of anilines is 2. The molecule has 74 valence electrons. The highest BCUT2D eigenvalue weighted by Crippen LogP contribution is 2.38. The largest absolute Gasteiger partial charge is 0.477 e. The van der Waals surface area contributed by atoms with E-state index in [0.717, 1.165) is 0 Å². The van der Waals surface area contributed by atoms with Gasteiger partial charge in [0.2, 0.25) is 0 Å². The zero-order valence-corrected chi connectivity index (χ0v) is 8.26. The van der Waals surface area contributed by atoms with Crippen LogP contribution >= 0.6 is 11.6 Å². The molecular weight excluding hydrogens is 204 g/mol. The predicted molar refractivity (Wildman–Crippen MR) is 54.6 cm³/mol. The Kier molecular flexibility index (Phi) is 2.00. The molecule has 1 aromatic rings. The van der Waals surface area contributed by atoms with Crippen molar-refractivity contribution in [1.82, 2.24) is 0 Å². The summed E-state index contributed by atoms with van der Waals surface area (Å²) < 4.78 is 5.33. The molecule has 1 unspecified atom stereocenters. The van der Waals surface area contributed by atoms with Crippen molar-refractivity contribution in [3.05, 3.63) is 17.2 Å². The molecule has 4 nitrogen and oxygen atoms in total. The molecule has 0 spiro atoms. The topological polar surface area (TPSA) is 64.3 Å². The van der Waals surface area contributed by atoms with Crippen molar-refractivity contribution in [2.45, 2.75) is 13.0 Å². The first-order valence-electron chi connectivity index (χ1n) is 4.14. The number of rotatable bonds is 0. The third kappa shape index (κ3) is 1.37. The van der Waals surface area contributed by atoms with Crippen molar-refractivity contribution in [1.29, 1.82) is 0 Å². The molecule has 14 heavy (non-hydrogen) atoms. The van der Waals surface area contributed by atoms with Crippen LogP contribution in [0.2, 0.25) is 5.02 Å². The van der Waals surface area contributed by atoms with E-state index in [1.807, 2.05) is 0 Å². The normalized spacial score (nSPS) is 19.6. The summed E-state index contributed by atoms with van der Waals surface area (Å²) in [7, 11) is 0. The number of fused-ring (bicyclic) bond motifs is 1. The van der Waals surface area contributed by atoms with Crippen LogP contribution in [0.1, 0.15) is 6.92 Å². The zero-order valence-electron chi connectivity index (χ0n) is 7.50. The highest BCUT2D eigenvalue weighted by atomic mass is 35.5. The monoisotopic (exact) mass is 212 g/mol. The fraction of sp³-hybridized carbons (Fsp3) is 0.222. The van der Waals surface area contributed by atoms with E-state index in [-0.39, 0.29) is 5.91 Å². The summed E-state index contributed by atoms with van der Waals surface area (Å²) in [6, 6.07) is 3.20. The van der Waals surface area contributed by atoms with Crippen LogP contribution in [0.25, 0.3) is 0 Å². The number of halogens is 1. The van der Waals surface area contributed by atoms with E-state index in [9.17, 15) is 4.79 Å². The lowest BCUT2D eigenvalue weighted by molar-refractivity contribution is -0.122. The van der Waals surface area contributed by atoms with Crippen LogP contribution in [0.4, 0.5) is 11.4 Å².